The molecule has 19 heavy (non-hydrogen) atoms. The van der Waals surface area contributed by atoms with E-state index in [1.807, 2.05) is 38.1 Å². The number of anilines is 1. The molecule has 1 aromatic carbocycles. The van der Waals surface area contributed by atoms with Crippen LogP contribution in [0.2, 0.25) is 0 Å². The van der Waals surface area contributed by atoms with E-state index in [1.54, 1.807) is 0 Å². The maximum Gasteiger partial charge on any atom is 0.234 e. The predicted octanol–water partition coefficient (Wildman–Crippen LogP) is 2.19. The summed E-state index contributed by atoms with van der Waals surface area (Å²) >= 11 is 1.32. The molecule has 4 nitrogen and oxygen atoms in total. The monoisotopic (exact) mass is 280 g/mol. The van der Waals surface area contributed by atoms with E-state index in [2.05, 4.69) is 10.6 Å². The van der Waals surface area contributed by atoms with Gasteiger partial charge in [-0.15, -0.1) is 11.8 Å². The van der Waals surface area contributed by atoms with E-state index >= 15 is 0 Å². The van der Waals surface area contributed by atoms with Gasteiger partial charge >= 0.3 is 0 Å². The summed E-state index contributed by atoms with van der Waals surface area (Å²) < 4.78 is 0. The highest BCUT2D eigenvalue weighted by Crippen LogP contribution is 2.09. The second-order valence-electron chi connectivity index (χ2n) is 4.26. The Bertz CT molecular complexity index is 418. The molecule has 104 valence electrons. The van der Waals surface area contributed by atoms with Gasteiger partial charge in [0.05, 0.1) is 11.5 Å². The minimum Gasteiger partial charge on any atom is -0.355 e. The van der Waals surface area contributed by atoms with Crippen molar-refractivity contribution in [1.82, 2.24) is 5.32 Å². The standard InChI is InChI=1S/C14H20N2O2S/c1-3-8-15-13(17)9-19-10-14(18)16-12-6-4-11(2)5-7-12/h4-7H,3,8-10H2,1-2H3,(H,15,17)(H,16,18). The lowest BCUT2D eigenvalue weighted by Gasteiger charge is -2.06. The number of thioether (sulfide) groups is 1. The second-order valence-corrected chi connectivity index (χ2v) is 5.24. The van der Waals surface area contributed by atoms with Crippen molar-refractivity contribution < 1.29 is 9.59 Å². The van der Waals surface area contributed by atoms with Crippen LogP contribution in [-0.2, 0) is 9.59 Å². The summed E-state index contributed by atoms with van der Waals surface area (Å²) in [5, 5.41) is 5.57. The van der Waals surface area contributed by atoms with E-state index < -0.39 is 0 Å². The van der Waals surface area contributed by atoms with Crippen LogP contribution >= 0.6 is 11.8 Å². The Balaban J connectivity index is 2.21. The molecular weight excluding hydrogens is 260 g/mol. The van der Waals surface area contributed by atoms with Crippen LogP contribution in [0.4, 0.5) is 5.69 Å². The summed E-state index contributed by atoms with van der Waals surface area (Å²) in [7, 11) is 0. The van der Waals surface area contributed by atoms with Crippen LogP contribution in [0.1, 0.15) is 18.9 Å². The summed E-state index contributed by atoms with van der Waals surface area (Å²) in [5.74, 6) is 0.501. The molecule has 0 aliphatic carbocycles. The highest BCUT2D eigenvalue weighted by Gasteiger charge is 2.05. The van der Waals surface area contributed by atoms with Gasteiger partial charge in [-0.2, -0.15) is 0 Å². The lowest BCUT2D eigenvalue weighted by atomic mass is 10.2. The molecule has 1 rings (SSSR count). The van der Waals surface area contributed by atoms with Crippen LogP contribution in [0.15, 0.2) is 24.3 Å². The highest BCUT2D eigenvalue weighted by molar-refractivity contribution is 8.00. The summed E-state index contributed by atoms with van der Waals surface area (Å²) in [6, 6.07) is 7.62. The van der Waals surface area contributed by atoms with Crippen molar-refractivity contribution in [3.05, 3.63) is 29.8 Å². The minimum absolute atomic E-state index is 0.0185. The number of hydrogen-bond donors (Lipinski definition) is 2. The topological polar surface area (TPSA) is 58.2 Å². The first-order chi connectivity index (χ1) is 9.11. The third-order valence-electron chi connectivity index (χ3n) is 2.37. The first kappa shape index (κ1) is 15.6. The first-order valence-corrected chi connectivity index (χ1v) is 7.48. The summed E-state index contributed by atoms with van der Waals surface area (Å²) in [6.07, 6.45) is 0.921. The molecule has 2 N–H and O–H groups in total. The second kappa shape index (κ2) is 8.58. The number of hydrogen-bond acceptors (Lipinski definition) is 3. The van der Waals surface area contributed by atoms with Gasteiger partial charge in [-0.25, -0.2) is 0 Å². The number of rotatable bonds is 7. The van der Waals surface area contributed by atoms with Crippen LogP contribution in [0, 0.1) is 6.92 Å². The fraction of sp³-hybridized carbons (Fsp3) is 0.429. The largest absolute Gasteiger partial charge is 0.355 e. The van der Waals surface area contributed by atoms with E-state index in [1.165, 1.54) is 11.8 Å². The van der Waals surface area contributed by atoms with Crippen LogP contribution in [0.5, 0.6) is 0 Å². The number of nitrogens with one attached hydrogen (secondary N) is 2. The van der Waals surface area contributed by atoms with Crippen LogP contribution in [-0.4, -0.2) is 29.9 Å². The van der Waals surface area contributed by atoms with Crippen molar-refractivity contribution in [3.8, 4) is 0 Å². The normalized spacial score (nSPS) is 10.0. The summed E-state index contributed by atoms with van der Waals surface area (Å²) in [5.41, 5.74) is 1.94. The van der Waals surface area contributed by atoms with Gasteiger partial charge in [-0.3, -0.25) is 9.59 Å². The molecule has 0 spiro atoms. The molecule has 5 heteroatoms. The molecule has 0 aliphatic heterocycles. The predicted molar refractivity (Wildman–Crippen MR) is 80.4 cm³/mol. The van der Waals surface area contributed by atoms with Crippen molar-refractivity contribution in [2.75, 3.05) is 23.4 Å². The molecule has 0 bridgehead atoms. The van der Waals surface area contributed by atoms with Crippen molar-refractivity contribution >= 4 is 29.3 Å². The smallest absolute Gasteiger partial charge is 0.234 e. The van der Waals surface area contributed by atoms with Crippen molar-refractivity contribution in [1.29, 1.82) is 0 Å². The van der Waals surface area contributed by atoms with Gasteiger partial charge in [0, 0.05) is 12.2 Å². The van der Waals surface area contributed by atoms with Gasteiger partial charge in [0.2, 0.25) is 11.8 Å². The Kier molecular flexibility index (Phi) is 7.03. The molecule has 0 saturated carbocycles. The van der Waals surface area contributed by atoms with Crippen molar-refractivity contribution in [2.45, 2.75) is 20.3 Å². The zero-order valence-corrected chi connectivity index (χ0v) is 12.2. The number of carbonyl (C=O) groups excluding carboxylic acids is 2. The highest BCUT2D eigenvalue weighted by atomic mass is 32.2. The van der Waals surface area contributed by atoms with Gasteiger partial charge < -0.3 is 10.6 Å². The van der Waals surface area contributed by atoms with Crippen molar-refractivity contribution in [3.63, 3.8) is 0 Å². The van der Waals surface area contributed by atoms with E-state index in [-0.39, 0.29) is 17.6 Å². The molecule has 0 unspecified atom stereocenters. The molecule has 0 saturated heterocycles. The quantitative estimate of drug-likeness (QED) is 0.805. The number of carbonyl (C=O) groups is 2. The Morgan fingerprint density at radius 2 is 1.74 bits per heavy atom. The minimum atomic E-state index is -0.0860. The first-order valence-electron chi connectivity index (χ1n) is 6.32. The fourth-order valence-electron chi connectivity index (χ4n) is 1.39. The number of aryl methyl sites for hydroxylation is 1. The molecule has 0 radical (unpaired) electrons. The molecule has 1 aromatic rings. The molecule has 0 atom stereocenters. The fourth-order valence-corrected chi connectivity index (χ4v) is 2.03. The SMILES string of the molecule is CCCNC(=O)CSCC(=O)Nc1ccc(C)cc1. The van der Waals surface area contributed by atoms with Gasteiger partial charge in [0.25, 0.3) is 0 Å². The third-order valence-corrected chi connectivity index (χ3v) is 3.31. The summed E-state index contributed by atoms with van der Waals surface area (Å²) in [6.45, 7) is 4.69. The van der Waals surface area contributed by atoms with Gasteiger partial charge in [0.1, 0.15) is 0 Å². The lowest BCUT2D eigenvalue weighted by molar-refractivity contribution is -0.118. The number of benzene rings is 1. The molecule has 0 fully saturated rings. The van der Waals surface area contributed by atoms with Gasteiger partial charge in [0.15, 0.2) is 0 Å². The third kappa shape index (κ3) is 6.86. The van der Waals surface area contributed by atoms with Gasteiger partial charge in [-0.05, 0) is 25.5 Å². The summed E-state index contributed by atoms with van der Waals surface area (Å²) in [4.78, 5) is 22.9. The van der Waals surface area contributed by atoms with E-state index in [9.17, 15) is 9.59 Å². The zero-order chi connectivity index (χ0) is 14.1. The maximum absolute atomic E-state index is 11.6. The van der Waals surface area contributed by atoms with Crippen LogP contribution in [0.3, 0.4) is 0 Å². The Morgan fingerprint density at radius 1 is 1.11 bits per heavy atom. The Labute approximate surface area is 118 Å². The van der Waals surface area contributed by atoms with E-state index in [0.717, 1.165) is 17.7 Å². The van der Waals surface area contributed by atoms with Gasteiger partial charge in [-0.1, -0.05) is 24.6 Å². The van der Waals surface area contributed by atoms with Crippen LogP contribution in [0.25, 0.3) is 0 Å². The zero-order valence-electron chi connectivity index (χ0n) is 11.4. The Hall–Kier alpha value is -1.49. The Morgan fingerprint density at radius 3 is 2.37 bits per heavy atom. The average Bonchev–Trinajstić information content (AvgIpc) is 2.39. The molecule has 0 aliphatic rings. The van der Waals surface area contributed by atoms with E-state index in [0.29, 0.717) is 12.3 Å². The average molecular weight is 280 g/mol. The molecular formula is C14H20N2O2S. The molecule has 0 aromatic heterocycles. The molecule has 0 heterocycles. The lowest BCUT2D eigenvalue weighted by Crippen LogP contribution is -2.26. The van der Waals surface area contributed by atoms with E-state index in [4.69, 9.17) is 0 Å². The molecule has 2 amide bonds. The van der Waals surface area contributed by atoms with Crippen LogP contribution < -0.4 is 10.6 Å². The maximum atomic E-state index is 11.6. The number of amides is 2. The van der Waals surface area contributed by atoms with Crippen molar-refractivity contribution in [2.24, 2.45) is 0 Å².